The molecule has 0 fully saturated rings. The van der Waals surface area contributed by atoms with E-state index >= 15 is 0 Å². The first kappa shape index (κ1) is 15.5. The fourth-order valence-corrected chi connectivity index (χ4v) is 3.11. The van der Waals surface area contributed by atoms with E-state index in [1.54, 1.807) is 24.5 Å². The van der Waals surface area contributed by atoms with Gasteiger partial charge in [-0.15, -0.1) is 0 Å². The number of furan rings is 1. The van der Waals surface area contributed by atoms with E-state index in [0.29, 0.717) is 23.3 Å². The summed E-state index contributed by atoms with van der Waals surface area (Å²) in [5.41, 5.74) is 1.76. The van der Waals surface area contributed by atoms with Gasteiger partial charge in [0.2, 0.25) is 0 Å². The predicted octanol–water partition coefficient (Wildman–Crippen LogP) is 2.57. The zero-order valence-corrected chi connectivity index (χ0v) is 14.0. The summed E-state index contributed by atoms with van der Waals surface area (Å²) < 4.78 is 28.9. The second-order valence-electron chi connectivity index (χ2n) is 5.51. The minimum atomic E-state index is -3.28. The molecule has 0 spiro atoms. The maximum absolute atomic E-state index is 11.8. The fourth-order valence-electron chi connectivity index (χ4n) is 2.46. The monoisotopic (exact) mass is 331 g/mol. The van der Waals surface area contributed by atoms with Crippen molar-refractivity contribution in [1.82, 2.24) is 9.97 Å². The van der Waals surface area contributed by atoms with Crippen molar-refractivity contribution in [2.24, 2.45) is 0 Å². The van der Waals surface area contributed by atoms with Crippen LogP contribution in [0.2, 0.25) is 0 Å². The molecule has 0 aliphatic rings. The average molecular weight is 331 g/mol. The second-order valence-corrected chi connectivity index (χ2v) is 7.52. The molecule has 120 valence electrons. The number of benzene rings is 1. The van der Waals surface area contributed by atoms with Crippen LogP contribution in [0.15, 0.2) is 46.2 Å². The fraction of sp³-hybridized carbons (Fsp3) is 0.250. The molecule has 3 rings (SSSR count). The van der Waals surface area contributed by atoms with Gasteiger partial charge in [-0.05, 0) is 31.2 Å². The van der Waals surface area contributed by atoms with Crippen LogP contribution in [-0.2, 0) is 16.4 Å². The zero-order valence-electron chi connectivity index (χ0n) is 13.1. The highest BCUT2D eigenvalue weighted by Crippen LogP contribution is 2.26. The molecule has 0 saturated heterocycles. The van der Waals surface area contributed by atoms with Crippen molar-refractivity contribution >= 4 is 26.6 Å². The van der Waals surface area contributed by atoms with E-state index in [0.717, 1.165) is 11.3 Å². The summed E-state index contributed by atoms with van der Waals surface area (Å²) in [5, 5.41) is 0.707. The van der Waals surface area contributed by atoms with E-state index in [2.05, 4.69) is 9.97 Å². The lowest BCUT2D eigenvalue weighted by Crippen LogP contribution is -2.18. The van der Waals surface area contributed by atoms with Gasteiger partial charge in [0.05, 0.1) is 16.7 Å². The number of hydrogen-bond acceptors (Lipinski definition) is 6. The predicted molar refractivity (Wildman–Crippen MR) is 88.2 cm³/mol. The number of anilines is 1. The molecule has 0 saturated carbocycles. The third-order valence-electron chi connectivity index (χ3n) is 3.75. The van der Waals surface area contributed by atoms with Crippen LogP contribution in [0.4, 0.5) is 5.82 Å². The number of nitrogens with zero attached hydrogens (tertiary/aromatic N) is 3. The van der Waals surface area contributed by atoms with Crippen molar-refractivity contribution in [3.8, 4) is 0 Å². The van der Waals surface area contributed by atoms with Crippen LogP contribution in [0.1, 0.15) is 11.3 Å². The van der Waals surface area contributed by atoms with Gasteiger partial charge in [0.1, 0.15) is 17.9 Å². The Bertz CT molecular complexity index is 964. The zero-order chi connectivity index (χ0) is 16.6. The van der Waals surface area contributed by atoms with Gasteiger partial charge in [-0.25, -0.2) is 18.4 Å². The van der Waals surface area contributed by atoms with Crippen molar-refractivity contribution < 1.29 is 12.8 Å². The first-order valence-electron chi connectivity index (χ1n) is 7.05. The van der Waals surface area contributed by atoms with Crippen LogP contribution in [0.5, 0.6) is 0 Å². The molecule has 0 bridgehead atoms. The molecular formula is C16H17N3O3S. The lowest BCUT2D eigenvalue weighted by molar-refractivity contribution is 0.529. The van der Waals surface area contributed by atoms with Gasteiger partial charge in [0, 0.05) is 30.8 Å². The molecule has 0 aliphatic carbocycles. The van der Waals surface area contributed by atoms with Gasteiger partial charge >= 0.3 is 0 Å². The summed E-state index contributed by atoms with van der Waals surface area (Å²) in [6.07, 6.45) is 4.32. The molecule has 2 heterocycles. The van der Waals surface area contributed by atoms with Gasteiger partial charge in [-0.2, -0.15) is 0 Å². The number of fused-ring (bicyclic) bond motifs is 1. The molecule has 23 heavy (non-hydrogen) atoms. The van der Waals surface area contributed by atoms with Crippen molar-refractivity contribution in [3.05, 3.63) is 48.2 Å². The van der Waals surface area contributed by atoms with Gasteiger partial charge < -0.3 is 9.32 Å². The van der Waals surface area contributed by atoms with Crippen LogP contribution in [0.25, 0.3) is 10.9 Å². The molecule has 1 aromatic carbocycles. The number of aromatic nitrogens is 2. The first-order chi connectivity index (χ1) is 10.9. The van der Waals surface area contributed by atoms with Crippen molar-refractivity contribution in [2.45, 2.75) is 18.4 Å². The number of aryl methyl sites for hydroxylation is 1. The summed E-state index contributed by atoms with van der Waals surface area (Å²) in [6.45, 7) is 2.51. The molecular weight excluding hydrogens is 314 g/mol. The topological polar surface area (TPSA) is 76.3 Å². The Labute approximate surface area is 134 Å². The average Bonchev–Trinajstić information content (AvgIpc) is 2.90. The number of sulfone groups is 1. The molecule has 6 nitrogen and oxygen atoms in total. The van der Waals surface area contributed by atoms with Gasteiger partial charge in [0.25, 0.3) is 0 Å². The van der Waals surface area contributed by atoms with E-state index in [9.17, 15) is 8.42 Å². The van der Waals surface area contributed by atoms with Crippen LogP contribution < -0.4 is 4.90 Å². The van der Waals surface area contributed by atoms with Crippen molar-refractivity contribution in [2.75, 3.05) is 18.2 Å². The molecule has 0 radical (unpaired) electrons. The summed E-state index contributed by atoms with van der Waals surface area (Å²) in [6, 6.07) is 6.80. The largest absolute Gasteiger partial charge is 0.469 e. The van der Waals surface area contributed by atoms with Crippen LogP contribution in [-0.4, -0.2) is 31.7 Å². The Morgan fingerprint density at radius 2 is 2.00 bits per heavy atom. The quantitative estimate of drug-likeness (QED) is 0.731. The first-order valence-corrected chi connectivity index (χ1v) is 8.94. The molecule has 2 aromatic heterocycles. The summed E-state index contributed by atoms with van der Waals surface area (Å²) in [5.74, 6) is 1.54. The normalized spacial score (nSPS) is 11.8. The van der Waals surface area contributed by atoms with E-state index in [-0.39, 0.29) is 4.90 Å². The van der Waals surface area contributed by atoms with E-state index in [1.165, 1.54) is 12.6 Å². The highest BCUT2D eigenvalue weighted by Gasteiger charge is 2.14. The minimum Gasteiger partial charge on any atom is -0.469 e. The summed E-state index contributed by atoms with van der Waals surface area (Å²) >= 11 is 0. The molecule has 7 heteroatoms. The second kappa shape index (κ2) is 5.66. The standard InChI is InChI=1S/C16H17N3O3S/c1-11-12(6-7-22-11)9-19(2)16-14-8-13(23(3,20)21)4-5-15(14)17-10-18-16/h4-8,10H,9H2,1-3H3. The number of rotatable bonds is 4. The third kappa shape index (κ3) is 3.05. The maximum atomic E-state index is 11.8. The lowest BCUT2D eigenvalue weighted by atomic mass is 10.2. The Hall–Kier alpha value is -2.41. The molecule has 0 N–H and O–H groups in total. The highest BCUT2D eigenvalue weighted by atomic mass is 32.2. The van der Waals surface area contributed by atoms with E-state index in [1.807, 2.05) is 24.9 Å². The summed E-state index contributed by atoms with van der Waals surface area (Å²) in [7, 11) is -1.38. The summed E-state index contributed by atoms with van der Waals surface area (Å²) in [4.78, 5) is 10.8. The Morgan fingerprint density at radius 3 is 2.65 bits per heavy atom. The number of hydrogen-bond donors (Lipinski definition) is 0. The molecule has 0 aliphatic heterocycles. The molecule has 3 aromatic rings. The minimum absolute atomic E-state index is 0.258. The smallest absolute Gasteiger partial charge is 0.175 e. The maximum Gasteiger partial charge on any atom is 0.175 e. The highest BCUT2D eigenvalue weighted by molar-refractivity contribution is 7.90. The Morgan fingerprint density at radius 1 is 1.22 bits per heavy atom. The van der Waals surface area contributed by atoms with Gasteiger partial charge in [-0.1, -0.05) is 0 Å². The lowest BCUT2D eigenvalue weighted by Gasteiger charge is -2.19. The van der Waals surface area contributed by atoms with Gasteiger partial charge in [0.15, 0.2) is 9.84 Å². The van der Waals surface area contributed by atoms with E-state index < -0.39 is 9.84 Å². The van der Waals surface area contributed by atoms with Crippen LogP contribution in [0, 0.1) is 6.92 Å². The Balaban J connectivity index is 2.07. The molecule has 0 atom stereocenters. The Kier molecular flexibility index (Phi) is 3.81. The van der Waals surface area contributed by atoms with Crippen molar-refractivity contribution in [3.63, 3.8) is 0 Å². The SMILES string of the molecule is Cc1occc1CN(C)c1ncnc2ccc(S(C)(=O)=O)cc12. The molecule has 0 amide bonds. The van der Waals surface area contributed by atoms with E-state index in [4.69, 9.17) is 4.42 Å². The third-order valence-corrected chi connectivity index (χ3v) is 4.86. The van der Waals surface area contributed by atoms with Crippen molar-refractivity contribution in [1.29, 1.82) is 0 Å². The molecule has 0 unspecified atom stereocenters. The van der Waals surface area contributed by atoms with Crippen LogP contribution in [0.3, 0.4) is 0 Å². The van der Waals surface area contributed by atoms with Gasteiger partial charge in [-0.3, -0.25) is 0 Å². The van der Waals surface area contributed by atoms with Crippen LogP contribution >= 0.6 is 0 Å².